The van der Waals surface area contributed by atoms with Crippen LogP contribution in [-0.4, -0.2) is 14.4 Å². The zero-order valence-corrected chi connectivity index (χ0v) is 10.8. The molecule has 1 aliphatic rings. The summed E-state index contributed by atoms with van der Waals surface area (Å²) in [5.74, 6) is 0. The third-order valence-electron chi connectivity index (χ3n) is 3.70. The summed E-state index contributed by atoms with van der Waals surface area (Å²) in [7, 11) is 0. The molecule has 0 radical (unpaired) electrons. The lowest BCUT2D eigenvalue weighted by molar-refractivity contribution is -0.641. The normalized spacial score (nSPS) is 13.1. The van der Waals surface area contributed by atoms with Gasteiger partial charge in [-0.15, -0.1) is 0 Å². The third kappa shape index (κ3) is 1.11. The van der Waals surface area contributed by atoms with E-state index in [1.54, 1.807) is 0 Å². The topological polar surface area (TPSA) is 34.1 Å². The Labute approximate surface area is 112 Å². The predicted molar refractivity (Wildman–Crippen MR) is 73.1 cm³/mol. The van der Waals surface area contributed by atoms with Gasteiger partial charge in [-0.1, -0.05) is 11.3 Å². The van der Waals surface area contributed by atoms with Crippen molar-refractivity contribution in [2.45, 2.75) is 6.54 Å². The van der Waals surface area contributed by atoms with E-state index in [2.05, 4.69) is 37.3 Å². The molecule has 0 amide bonds. The molecule has 1 aliphatic heterocycles. The van der Waals surface area contributed by atoms with Gasteiger partial charge in [-0.25, -0.2) is 4.98 Å². The maximum absolute atomic E-state index is 4.23. The van der Waals surface area contributed by atoms with Crippen LogP contribution in [-0.2, 0) is 6.54 Å². The molecule has 0 fully saturated rings. The van der Waals surface area contributed by atoms with Crippen LogP contribution in [0.25, 0.3) is 26.3 Å². The van der Waals surface area contributed by atoms with E-state index in [1.165, 1.54) is 31.9 Å². The van der Waals surface area contributed by atoms with E-state index in [0.717, 1.165) is 6.54 Å². The SMILES string of the molecule is c1cc2c(cn1)C[n+]1c-2sc2cn3cnccc3c21. The van der Waals surface area contributed by atoms with Gasteiger partial charge in [0.25, 0.3) is 5.01 Å². The average molecular weight is 265 g/mol. The lowest BCUT2D eigenvalue weighted by Gasteiger charge is -1.90. The first-order valence-corrected chi connectivity index (χ1v) is 6.94. The van der Waals surface area contributed by atoms with Crippen LogP contribution in [0.2, 0.25) is 0 Å². The van der Waals surface area contributed by atoms with Crippen molar-refractivity contribution in [3.63, 3.8) is 0 Å². The molecule has 4 nitrogen and oxygen atoms in total. The van der Waals surface area contributed by atoms with Gasteiger partial charge in [0.2, 0.25) is 5.52 Å². The largest absolute Gasteiger partial charge is 0.300 e. The number of nitrogens with zero attached hydrogens (tertiary/aromatic N) is 4. The molecule has 0 atom stereocenters. The van der Waals surface area contributed by atoms with E-state index in [4.69, 9.17) is 0 Å². The molecule has 0 N–H and O–H groups in total. The highest BCUT2D eigenvalue weighted by atomic mass is 32.1. The van der Waals surface area contributed by atoms with Crippen LogP contribution in [0.5, 0.6) is 0 Å². The Bertz CT molecular complexity index is 951. The fourth-order valence-electron chi connectivity index (χ4n) is 2.88. The Morgan fingerprint density at radius 3 is 3.16 bits per heavy atom. The molecule has 0 aromatic carbocycles. The van der Waals surface area contributed by atoms with Gasteiger partial charge in [0, 0.05) is 30.4 Å². The lowest BCUT2D eigenvalue weighted by Crippen LogP contribution is -2.30. The summed E-state index contributed by atoms with van der Waals surface area (Å²) in [6.45, 7) is 0.917. The molecule has 0 saturated heterocycles. The second-order valence-electron chi connectivity index (χ2n) is 4.74. The molecule has 0 saturated carbocycles. The van der Waals surface area contributed by atoms with Crippen molar-refractivity contribution in [1.29, 1.82) is 0 Å². The number of hydrogen-bond donors (Lipinski definition) is 0. The number of fused-ring (bicyclic) bond motifs is 7. The first-order valence-electron chi connectivity index (χ1n) is 6.12. The number of rotatable bonds is 0. The van der Waals surface area contributed by atoms with Gasteiger partial charge in [0.05, 0.1) is 11.9 Å². The Balaban J connectivity index is 1.94. The van der Waals surface area contributed by atoms with Crippen LogP contribution in [0.3, 0.4) is 0 Å². The number of thiazole rings is 1. The van der Waals surface area contributed by atoms with Gasteiger partial charge in [0.1, 0.15) is 10.2 Å². The Kier molecular flexibility index (Phi) is 1.62. The molecule has 0 bridgehead atoms. The van der Waals surface area contributed by atoms with E-state index in [0.29, 0.717) is 0 Å². The minimum Gasteiger partial charge on any atom is -0.300 e. The standard InChI is InChI=1S/C14H9N4S/c1-3-15-5-9-6-18-13-11-2-4-16-8-17(11)7-12(13)19-14(18)10(1)9/h1-5,7-8H,6H2/q+1. The zero-order chi connectivity index (χ0) is 12.4. The van der Waals surface area contributed by atoms with Gasteiger partial charge in [-0.05, 0) is 12.1 Å². The van der Waals surface area contributed by atoms with Crippen LogP contribution >= 0.6 is 11.3 Å². The smallest absolute Gasteiger partial charge is 0.271 e. The number of aromatic nitrogens is 4. The van der Waals surface area contributed by atoms with E-state index in [-0.39, 0.29) is 0 Å². The quantitative estimate of drug-likeness (QED) is 0.402. The van der Waals surface area contributed by atoms with E-state index >= 15 is 0 Å². The first-order chi connectivity index (χ1) is 9.42. The molecular formula is C14H9N4S+. The molecule has 90 valence electrons. The molecule has 4 aromatic rings. The maximum Gasteiger partial charge on any atom is 0.271 e. The average Bonchev–Trinajstić information content (AvgIpc) is 3.05. The van der Waals surface area contributed by atoms with Crippen LogP contribution in [0.4, 0.5) is 0 Å². The van der Waals surface area contributed by atoms with E-state index in [1.807, 2.05) is 36.3 Å². The van der Waals surface area contributed by atoms with Gasteiger partial charge in [0.15, 0.2) is 6.54 Å². The molecule has 19 heavy (non-hydrogen) atoms. The Morgan fingerprint density at radius 2 is 2.16 bits per heavy atom. The summed E-state index contributed by atoms with van der Waals surface area (Å²) < 4.78 is 5.79. The highest BCUT2D eigenvalue weighted by Crippen LogP contribution is 2.36. The summed E-state index contributed by atoms with van der Waals surface area (Å²) in [6, 6.07) is 4.18. The summed E-state index contributed by atoms with van der Waals surface area (Å²) in [6.07, 6.45) is 9.71. The lowest BCUT2D eigenvalue weighted by atomic mass is 10.2. The molecule has 0 aliphatic carbocycles. The summed E-state index contributed by atoms with van der Waals surface area (Å²) >= 11 is 1.84. The van der Waals surface area contributed by atoms with Gasteiger partial charge in [-0.3, -0.25) is 4.98 Å². The molecular weight excluding hydrogens is 256 g/mol. The van der Waals surface area contributed by atoms with Gasteiger partial charge >= 0.3 is 0 Å². The predicted octanol–water partition coefficient (Wildman–Crippen LogP) is 2.26. The molecule has 4 aromatic heterocycles. The highest BCUT2D eigenvalue weighted by Gasteiger charge is 2.33. The van der Waals surface area contributed by atoms with Crippen molar-refractivity contribution in [3.8, 4) is 10.6 Å². The first kappa shape index (κ1) is 9.63. The van der Waals surface area contributed by atoms with Crippen LogP contribution in [0.15, 0.2) is 43.2 Å². The maximum atomic E-state index is 4.23. The van der Waals surface area contributed by atoms with Gasteiger partial charge in [-0.2, -0.15) is 4.57 Å². The monoisotopic (exact) mass is 265 g/mol. The van der Waals surface area contributed by atoms with Crippen molar-refractivity contribution in [2.24, 2.45) is 0 Å². The minimum absolute atomic E-state index is 0.917. The molecule has 5 rings (SSSR count). The zero-order valence-electron chi connectivity index (χ0n) is 9.95. The summed E-state index contributed by atoms with van der Waals surface area (Å²) in [4.78, 5) is 8.39. The molecule has 0 spiro atoms. The van der Waals surface area contributed by atoms with E-state index in [9.17, 15) is 0 Å². The van der Waals surface area contributed by atoms with Crippen LogP contribution in [0.1, 0.15) is 5.56 Å². The summed E-state index contributed by atoms with van der Waals surface area (Å²) in [5, 5.41) is 1.33. The molecule has 0 unspecified atom stereocenters. The Morgan fingerprint density at radius 1 is 1.21 bits per heavy atom. The minimum atomic E-state index is 0.917. The van der Waals surface area contributed by atoms with Gasteiger partial charge < -0.3 is 4.40 Å². The number of pyridine rings is 1. The molecule has 5 heteroatoms. The number of hydrogen-bond acceptors (Lipinski definition) is 3. The highest BCUT2D eigenvalue weighted by molar-refractivity contribution is 7.21. The van der Waals surface area contributed by atoms with Crippen molar-refractivity contribution in [2.75, 3.05) is 0 Å². The second-order valence-corrected chi connectivity index (χ2v) is 5.77. The van der Waals surface area contributed by atoms with Crippen LogP contribution < -0.4 is 4.57 Å². The molecule has 5 heterocycles. The third-order valence-corrected chi connectivity index (χ3v) is 4.86. The fraction of sp³-hybridized carbons (Fsp3) is 0.0714. The van der Waals surface area contributed by atoms with E-state index < -0.39 is 0 Å². The fourth-order valence-corrected chi connectivity index (χ4v) is 4.14. The van der Waals surface area contributed by atoms with Crippen molar-refractivity contribution >= 4 is 27.1 Å². The van der Waals surface area contributed by atoms with Crippen molar-refractivity contribution in [1.82, 2.24) is 14.4 Å². The van der Waals surface area contributed by atoms with Crippen molar-refractivity contribution in [3.05, 3.63) is 48.8 Å². The summed E-state index contributed by atoms with van der Waals surface area (Å²) in [5.41, 5.74) is 5.15. The van der Waals surface area contributed by atoms with Crippen LogP contribution in [0, 0.1) is 0 Å². The Hall–Kier alpha value is -2.27. The second kappa shape index (κ2) is 3.19. The van der Waals surface area contributed by atoms with Crippen molar-refractivity contribution < 1.29 is 4.57 Å².